The summed E-state index contributed by atoms with van der Waals surface area (Å²) < 4.78 is 39.6. The Morgan fingerprint density at radius 2 is 1.95 bits per heavy atom. The number of halogens is 3. The van der Waals surface area contributed by atoms with Crippen LogP contribution in [-0.4, -0.2) is 24.9 Å². The third-order valence-corrected chi connectivity index (χ3v) is 2.47. The van der Waals surface area contributed by atoms with E-state index in [1.54, 1.807) is 0 Å². The quantitative estimate of drug-likeness (QED) is 0.791. The fraction of sp³-hybridized carbons (Fsp3) is 0.462. The van der Waals surface area contributed by atoms with Crippen LogP contribution in [-0.2, 0) is 0 Å². The van der Waals surface area contributed by atoms with E-state index in [9.17, 15) is 18.0 Å². The smallest absolute Gasteiger partial charge is 0.406 e. The summed E-state index contributed by atoms with van der Waals surface area (Å²) in [5, 5.41) is 2.66. The molecule has 0 fully saturated rings. The van der Waals surface area contributed by atoms with Gasteiger partial charge in [0.15, 0.2) is 0 Å². The molecule has 0 bridgehead atoms. The molecule has 0 spiro atoms. The maximum absolute atomic E-state index is 12.0. The first-order chi connectivity index (χ1) is 9.28. The number of nitrogens with two attached hydrogens (primary N) is 1. The minimum absolute atomic E-state index is 0.0747. The van der Waals surface area contributed by atoms with Gasteiger partial charge in [0.05, 0.1) is 0 Å². The number of benzene rings is 1. The van der Waals surface area contributed by atoms with Gasteiger partial charge < -0.3 is 15.8 Å². The van der Waals surface area contributed by atoms with Crippen LogP contribution in [0.4, 0.5) is 13.2 Å². The zero-order valence-corrected chi connectivity index (χ0v) is 11.0. The number of carbonyl (C=O) groups excluding carboxylic acids is 1. The summed E-state index contributed by atoms with van der Waals surface area (Å²) in [5.41, 5.74) is 5.85. The van der Waals surface area contributed by atoms with E-state index < -0.39 is 6.36 Å². The lowest BCUT2D eigenvalue weighted by Crippen LogP contribution is -2.26. The van der Waals surface area contributed by atoms with Crippen LogP contribution in [0.15, 0.2) is 24.3 Å². The Labute approximate surface area is 115 Å². The molecule has 0 saturated carbocycles. The molecule has 4 nitrogen and oxygen atoms in total. The molecule has 1 amide bonds. The predicted molar refractivity (Wildman–Crippen MR) is 68.3 cm³/mol. The Morgan fingerprint density at radius 3 is 2.45 bits per heavy atom. The minimum Gasteiger partial charge on any atom is -0.406 e. The van der Waals surface area contributed by atoms with Crippen LogP contribution in [0.3, 0.4) is 0 Å². The Balaban J connectivity index is 2.45. The van der Waals surface area contributed by atoms with Gasteiger partial charge in [-0.05, 0) is 44.0 Å². The Morgan fingerprint density at radius 1 is 1.35 bits per heavy atom. The van der Waals surface area contributed by atoms with Gasteiger partial charge in [-0.2, -0.15) is 0 Å². The lowest BCUT2D eigenvalue weighted by molar-refractivity contribution is -0.274. The Bertz CT molecular complexity index is 430. The van der Waals surface area contributed by atoms with Crippen LogP contribution in [0.5, 0.6) is 5.75 Å². The second-order valence-electron chi connectivity index (χ2n) is 4.45. The molecule has 1 unspecified atom stereocenters. The third kappa shape index (κ3) is 6.42. The topological polar surface area (TPSA) is 64.3 Å². The summed E-state index contributed by atoms with van der Waals surface area (Å²) in [5.74, 6) is -0.695. The number of alkyl halides is 3. The largest absolute Gasteiger partial charge is 0.573 e. The molecule has 0 aromatic heterocycles. The average molecular weight is 290 g/mol. The van der Waals surface area contributed by atoms with Crippen LogP contribution in [0.1, 0.15) is 30.1 Å². The zero-order valence-electron chi connectivity index (χ0n) is 11.0. The summed E-state index contributed by atoms with van der Waals surface area (Å²) in [6.07, 6.45) is -3.19. The average Bonchev–Trinajstić information content (AvgIpc) is 2.33. The van der Waals surface area contributed by atoms with Crippen molar-refractivity contribution in [2.24, 2.45) is 5.73 Å². The molecular weight excluding hydrogens is 273 g/mol. The van der Waals surface area contributed by atoms with E-state index in [1.807, 2.05) is 6.92 Å². The molecule has 0 radical (unpaired) electrons. The van der Waals surface area contributed by atoms with Crippen molar-refractivity contribution in [2.45, 2.75) is 32.2 Å². The van der Waals surface area contributed by atoms with E-state index >= 15 is 0 Å². The van der Waals surface area contributed by atoms with E-state index in [1.165, 1.54) is 12.1 Å². The van der Waals surface area contributed by atoms with Crippen molar-refractivity contribution in [3.8, 4) is 5.75 Å². The van der Waals surface area contributed by atoms with E-state index in [4.69, 9.17) is 5.73 Å². The van der Waals surface area contributed by atoms with Gasteiger partial charge in [-0.3, -0.25) is 4.79 Å². The first-order valence-electron chi connectivity index (χ1n) is 6.17. The van der Waals surface area contributed by atoms with Crippen LogP contribution >= 0.6 is 0 Å². The summed E-state index contributed by atoms with van der Waals surface area (Å²) in [6, 6.07) is 4.84. The van der Waals surface area contributed by atoms with Gasteiger partial charge in [-0.15, -0.1) is 13.2 Å². The number of hydrogen-bond acceptors (Lipinski definition) is 3. The van der Waals surface area contributed by atoms with Crippen molar-refractivity contribution < 1.29 is 22.7 Å². The predicted octanol–water partition coefficient (Wildman–Crippen LogP) is 2.44. The number of nitrogens with one attached hydrogen (secondary N) is 1. The van der Waals surface area contributed by atoms with E-state index in [-0.39, 0.29) is 23.3 Å². The van der Waals surface area contributed by atoms with Crippen LogP contribution in [0.2, 0.25) is 0 Å². The summed E-state index contributed by atoms with van der Waals surface area (Å²) >= 11 is 0. The van der Waals surface area contributed by atoms with Gasteiger partial charge >= 0.3 is 6.36 Å². The van der Waals surface area contributed by atoms with Crippen LogP contribution in [0, 0.1) is 0 Å². The highest BCUT2D eigenvalue weighted by molar-refractivity contribution is 5.94. The molecule has 112 valence electrons. The van der Waals surface area contributed by atoms with E-state index in [0.717, 1.165) is 25.0 Å². The Hall–Kier alpha value is -1.76. The normalized spacial score (nSPS) is 12.8. The van der Waals surface area contributed by atoms with Gasteiger partial charge in [0.1, 0.15) is 5.75 Å². The fourth-order valence-corrected chi connectivity index (χ4v) is 1.54. The van der Waals surface area contributed by atoms with Crippen molar-refractivity contribution in [1.82, 2.24) is 5.32 Å². The highest BCUT2D eigenvalue weighted by Crippen LogP contribution is 2.22. The molecule has 1 atom stereocenters. The second-order valence-corrected chi connectivity index (χ2v) is 4.45. The van der Waals surface area contributed by atoms with Crippen molar-refractivity contribution in [1.29, 1.82) is 0 Å². The Kier molecular flexibility index (Phi) is 5.82. The maximum atomic E-state index is 12.0. The summed E-state index contributed by atoms with van der Waals surface area (Å²) in [4.78, 5) is 11.7. The van der Waals surface area contributed by atoms with Crippen LogP contribution in [0.25, 0.3) is 0 Å². The monoisotopic (exact) mass is 290 g/mol. The number of carbonyl (C=O) groups is 1. The number of ether oxygens (including phenoxy) is 1. The summed E-state index contributed by atoms with van der Waals surface area (Å²) in [7, 11) is 0. The van der Waals surface area contributed by atoms with Gasteiger partial charge in [0.25, 0.3) is 5.91 Å². The SMILES string of the molecule is CC(N)CCCNC(=O)c1ccc(OC(F)(F)F)cc1. The zero-order chi connectivity index (χ0) is 15.2. The minimum atomic E-state index is -4.73. The number of hydrogen-bond donors (Lipinski definition) is 2. The van der Waals surface area contributed by atoms with E-state index in [2.05, 4.69) is 10.1 Å². The van der Waals surface area contributed by atoms with Crippen molar-refractivity contribution in [3.63, 3.8) is 0 Å². The van der Waals surface area contributed by atoms with Gasteiger partial charge in [-0.25, -0.2) is 0 Å². The third-order valence-electron chi connectivity index (χ3n) is 2.47. The van der Waals surface area contributed by atoms with Crippen molar-refractivity contribution >= 4 is 5.91 Å². The van der Waals surface area contributed by atoms with Crippen LogP contribution < -0.4 is 15.8 Å². The lowest BCUT2D eigenvalue weighted by atomic mass is 10.2. The molecule has 1 rings (SSSR count). The first-order valence-corrected chi connectivity index (χ1v) is 6.17. The highest BCUT2D eigenvalue weighted by Gasteiger charge is 2.31. The molecule has 0 heterocycles. The molecule has 7 heteroatoms. The van der Waals surface area contributed by atoms with Gasteiger partial charge in [0, 0.05) is 18.2 Å². The molecule has 0 saturated heterocycles. The van der Waals surface area contributed by atoms with Gasteiger partial charge in [-0.1, -0.05) is 0 Å². The van der Waals surface area contributed by atoms with Gasteiger partial charge in [0.2, 0.25) is 0 Å². The molecule has 3 N–H and O–H groups in total. The molecule has 20 heavy (non-hydrogen) atoms. The molecular formula is C13H17F3N2O2. The standard InChI is InChI=1S/C13H17F3N2O2/c1-9(17)3-2-8-18-12(19)10-4-6-11(7-5-10)20-13(14,15)16/h4-7,9H,2-3,8,17H2,1H3,(H,18,19). The second kappa shape index (κ2) is 7.14. The fourth-order valence-electron chi connectivity index (χ4n) is 1.54. The van der Waals surface area contributed by atoms with E-state index in [0.29, 0.717) is 6.54 Å². The molecule has 1 aromatic rings. The number of rotatable bonds is 6. The lowest BCUT2D eigenvalue weighted by Gasteiger charge is -2.10. The van der Waals surface area contributed by atoms with Crippen molar-refractivity contribution in [2.75, 3.05) is 6.54 Å². The summed E-state index contributed by atoms with van der Waals surface area (Å²) in [6.45, 7) is 2.35. The molecule has 1 aromatic carbocycles. The highest BCUT2D eigenvalue weighted by atomic mass is 19.4. The van der Waals surface area contributed by atoms with Crippen molar-refractivity contribution in [3.05, 3.63) is 29.8 Å². The first kappa shape index (κ1) is 16.3. The molecule has 0 aliphatic heterocycles. The number of amides is 1. The molecule has 0 aliphatic rings. The molecule has 0 aliphatic carbocycles. The maximum Gasteiger partial charge on any atom is 0.573 e.